The van der Waals surface area contributed by atoms with Crippen LogP contribution in [0.2, 0.25) is 0 Å². The lowest BCUT2D eigenvalue weighted by Gasteiger charge is -2.33. The van der Waals surface area contributed by atoms with Crippen LogP contribution in [0.25, 0.3) is 0 Å². The molecule has 1 fully saturated rings. The van der Waals surface area contributed by atoms with Gasteiger partial charge in [0.2, 0.25) is 0 Å². The van der Waals surface area contributed by atoms with Crippen molar-refractivity contribution in [2.75, 3.05) is 13.1 Å². The van der Waals surface area contributed by atoms with Gasteiger partial charge in [-0.15, -0.1) is 0 Å². The number of aromatic nitrogens is 1. The van der Waals surface area contributed by atoms with Crippen LogP contribution in [-0.4, -0.2) is 29.2 Å². The number of hydrogen-bond donors (Lipinski definition) is 1. The normalized spacial score (nSPS) is 20.1. The maximum Gasteiger partial charge on any atom is 0.124 e. The Bertz CT molecular complexity index is 498. The number of benzene rings is 1. The predicted molar refractivity (Wildman–Crippen MR) is 78.1 cm³/mol. The summed E-state index contributed by atoms with van der Waals surface area (Å²) in [5.74, 6) is 0. The van der Waals surface area contributed by atoms with E-state index in [1.165, 1.54) is 24.9 Å². The summed E-state index contributed by atoms with van der Waals surface area (Å²) in [5.41, 5.74) is 2.37. The highest BCUT2D eigenvalue weighted by Crippen LogP contribution is 2.14. The van der Waals surface area contributed by atoms with Gasteiger partial charge in [-0.1, -0.05) is 35.5 Å². The standard InChI is InChI=1S/C16H21N3O/c1-2-5-14(6-3-1)12-19-9-4-7-16(13-19)17-11-15-8-10-20-18-15/h1-3,5-6,8,10,16-17H,4,7,9,11-13H2. The van der Waals surface area contributed by atoms with Gasteiger partial charge in [0.05, 0.1) is 5.69 Å². The molecule has 1 atom stereocenters. The van der Waals surface area contributed by atoms with Crippen LogP contribution in [0.3, 0.4) is 0 Å². The Morgan fingerprint density at radius 2 is 2.15 bits per heavy atom. The molecule has 0 bridgehead atoms. The number of nitrogens with one attached hydrogen (secondary N) is 1. The molecule has 1 aromatic heterocycles. The van der Waals surface area contributed by atoms with Crippen LogP contribution in [-0.2, 0) is 13.1 Å². The first-order valence-electron chi connectivity index (χ1n) is 7.29. The molecule has 2 aromatic rings. The molecule has 0 saturated carbocycles. The first-order valence-corrected chi connectivity index (χ1v) is 7.29. The van der Waals surface area contributed by atoms with Crippen LogP contribution < -0.4 is 5.32 Å². The summed E-state index contributed by atoms with van der Waals surface area (Å²) >= 11 is 0. The lowest BCUT2D eigenvalue weighted by molar-refractivity contribution is 0.182. The molecule has 2 heterocycles. The molecule has 1 saturated heterocycles. The third-order valence-electron chi connectivity index (χ3n) is 3.82. The van der Waals surface area contributed by atoms with Gasteiger partial charge in [0.15, 0.2) is 0 Å². The lowest BCUT2D eigenvalue weighted by Crippen LogP contribution is -2.45. The van der Waals surface area contributed by atoms with E-state index in [0.717, 1.165) is 25.3 Å². The average molecular weight is 271 g/mol. The van der Waals surface area contributed by atoms with Gasteiger partial charge in [-0.05, 0) is 24.9 Å². The van der Waals surface area contributed by atoms with Gasteiger partial charge in [-0.3, -0.25) is 4.90 Å². The highest BCUT2D eigenvalue weighted by atomic mass is 16.5. The molecule has 0 spiro atoms. The van der Waals surface area contributed by atoms with E-state index in [-0.39, 0.29) is 0 Å². The molecule has 0 aliphatic carbocycles. The van der Waals surface area contributed by atoms with Gasteiger partial charge in [0, 0.05) is 31.7 Å². The topological polar surface area (TPSA) is 41.3 Å². The monoisotopic (exact) mass is 271 g/mol. The van der Waals surface area contributed by atoms with Crippen molar-refractivity contribution in [1.82, 2.24) is 15.4 Å². The molecule has 0 amide bonds. The number of hydrogen-bond acceptors (Lipinski definition) is 4. The van der Waals surface area contributed by atoms with Gasteiger partial charge in [-0.2, -0.15) is 0 Å². The van der Waals surface area contributed by atoms with Gasteiger partial charge in [0.1, 0.15) is 6.26 Å². The van der Waals surface area contributed by atoms with Crippen LogP contribution >= 0.6 is 0 Å². The average Bonchev–Trinajstić information content (AvgIpc) is 3.00. The van der Waals surface area contributed by atoms with Gasteiger partial charge in [0.25, 0.3) is 0 Å². The summed E-state index contributed by atoms with van der Waals surface area (Å²) in [6.45, 7) is 4.13. The van der Waals surface area contributed by atoms with Crippen LogP contribution in [0.15, 0.2) is 47.2 Å². The highest BCUT2D eigenvalue weighted by molar-refractivity contribution is 5.14. The molecule has 1 aliphatic heterocycles. The van der Waals surface area contributed by atoms with E-state index in [1.54, 1.807) is 6.26 Å². The third-order valence-corrected chi connectivity index (χ3v) is 3.82. The van der Waals surface area contributed by atoms with Gasteiger partial charge < -0.3 is 9.84 Å². The molecule has 1 N–H and O–H groups in total. The first-order chi connectivity index (χ1) is 9.90. The summed E-state index contributed by atoms with van der Waals surface area (Å²) < 4.78 is 4.85. The summed E-state index contributed by atoms with van der Waals surface area (Å²) in [6.07, 6.45) is 4.12. The van der Waals surface area contributed by atoms with Crippen molar-refractivity contribution in [2.45, 2.75) is 32.0 Å². The van der Waals surface area contributed by atoms with Crippen molar-refractivity contribution in [3.63, 3.8) is 0 Å². The minimum absolute atomic E-state index is 0.546. The number of piperidine rings is 1. The fourth-order valence-corrected chi connectivity index (χ4v) is 2.79. The fourth-order valence-electron chi connectivity index (χ4n) is 2.79. The summed E-state index contributed by atoms with van der Waals surface area (Å²) in [4.78, 5) is 2.53. The minimum atomic E-state index is 0.546. The third kappa shape index (κ3) is 3.68. The molecule has 1 unspecified atom stereocenters. The molecule has 4 heteroatoms. The number of likely N-dealkylation sites (tertiary alicyclic amines) is 1. The van der Waals surface area contributed by atoms with E-state index in [4.69, 9.17) is 4.52 Å². The molecular formula is C16H21N3O. The van der Waals surface area contributed by atoms with Crippen molar-refractivity contribution >= 4 is 0 Å². The van der Waals surface area contributed by atoms with Crippen molar-refractivity contribution < 1.29 is 4.52 Å². The summed E-state index contributed by atoms with van der Waals surface area (Å²) in [5, 5.41) is 7.51. The highest BCUT2D eigenvalue weighted by Gasteiger charge is 2.19. The second-order valence-electron chi connectivity index (χ2n) is 5.43. The largest absolute Gasteiger partial charge is 0.364 e. The van der Waals surface area contributed by atoms with E-state index in [2.05, 4.69) is 45.7 Å². The summed E-state index contributed by atoms with van der Waals surface area (Å²) in [6, 6.07) is 13.2. The smallest absolute Gasteiger partial charge is 0.124 e. The second kappa shape index (κ2) is 6.68. The molecule has 1 aliphatic rings. The number of rotatable bonds is 5. The zero-order chi connectivity index (χ0) is 13.6. The SMILES string of the molecule is c1ccc(CN2CCCC(NCc3ccon3)C2)cc1. The lowest BCUT2D eigenvalue weighted by atomic mass is 10.0. The second-order valence-corrected chi connectivity index (χ2v) is 5.43. The fraction of sp³-hybridized carbons (Fsp3) is 0.438. The molecule has 106 valence electrons. The summed E-state index contributed by atoms with van der Waals surface area (Å²) in [7, 11) is 0. The van der Waals surface area contributed by atoms with E-state index >= 15 is 0 Å². The maximum atomic E-state index is 4.85. The Morgan fingerprint density at radius 3 is 2.95 bits per heavy atom. The maximum absolute atomic E-state index is 4.85. The molecule has 1 aromatic carbocycles. The van der Waals surface area contributed by atoms with Crippen molar-refractivity contribution in [1.29, 1.82) is 0 Å². The number of nitrogens with zero attached hydrogens (tertiary/aromatic N) is 2. The minimum Gasteiger partial charge on any atom is -0.364 e. The van der Waals surface area contributed by atoms with Crippen molar-refractivity contribution in [2.24, 2.45) is 0 Å². The quantitative estimate of drug-likeness (QED) is 0.907. The predicted octanol–water partition coefficient (Wildman–Crippen LogP) is 2.43. The van der Waals surface area contributed by atoms with E-state index in [9.17, 15) is 0 Å². The Balaban J connectivity index is 1.49. The van der Waals surface area contributed by atoms with E-state index < -0.39 is 0 Å². The van der Waals surface area contributed by atoms with Crippen molar-refractivity contribution in [3.05, 3.63) is 53.9 Å². The van der Waals surface area contributed by atoms with E-state index in [0.29, 0.717) is 6.04 Å². The van der Waals surface area contributed by atoms with Crippen LogP contribution in [0.5, 0.6) is 0 Å². The van der Waals surface area contributed by atoms with Crippen LogP contribution in [0.4, 0.5) is 0 Å². The zero-order valence-corrected chi connectivity index (χ0v) is 11.7. The van der Waals surface area contributed by atoms with Crippen LogP contribution in [0, 0.1) is 0 Å². The Kier molecular flexibility index (Phi) is 4.46. The van der Waals surface area contributed by atoms with Gasteiger partial charge in [-0.25, -0.2) is 0 Å². The Hall–Kier alpha value is -1.65. The van der Waals surface area contributed by atoms with Crippen molar-refractivity contribution in [3.8, 4) is 0 Å². The molecule has 4 nitrogen and oxygen atoms in total. The Labute approximate surface area is 119 Å². The molecular weight excluding hydrogens is 250 g/mol. The first kappa shape index (κ1) is 13.3. The zero-order valence-electron chi connectivity index (χ0n) is 11.7. The molecule has 3 rings (SSSR count). The molecule has 0 radical (unpaired) electrons. The van der Waals surface area contributed by atoms with E-state index in [1.807, 2.05) is 6.07 Å². The molecule has 20 heavy (non-hydrogen) atoms. The van der Waals surface area contributed by atoms with Gasteiger partial charge >= 0.3 is 0 Å². The Morgan fingerprint density at radius 1 is 1.25 bits per heavy atom. The van der Waals surface area contributed by atoms with Crippen LogP contribution in [0.1, 0.15) is 24.1 Å².